The van der Waals surface area contributed by atoms with Crippen molar-refractivity contribution in [3.63, 3.8) is 0 Å². The number of rotatable bonds is 5. The van der Waals surface area contributed by atoms with Crippen LogP contribution in [0.1, 0.15) is 17.4 Å². The first-order valence-electron chi connectivity index (χ1n) is 10.8. The summed E-state index contributed by atoms with van der Waals surface area (Å²) in [7, 11) is -2.29. The average Bonchev–Trinajstić information content (AvgIpc) is 3.40. The average molecular weight is 523 g/mol. The van der Waals surface area contributed by atoms with Gasteiger partial charge in [-0.05, 0) is 17.7 Å². The van der Waals surface area contributed by atoms with Crippen LogP contribution in [0.2, 0.25) is 0 Å². The molecule has 0 aliphatic carbocycles. The van der Waals surface area contributed by atoms with Gasteiger partial charge in [0.1, 0.15) is 23.5 Å². The fourth-order valence-electron chi connectivity index (χ4n) is 4.61. The Kier molecular flexibility index (Phi) is 5.71. The summed E-state index contributed by atoms with van der Waals surface area (Å²) >= 11 is 0. The molecule has 0 spiro atoms. The maximum atomic E-state index is 14.1. The molecule has 2 aromatic carbocycles. The minimum Gasteiger partial charge on any atom is -0.494 e. The maximum Gasteiger partial charge on any atom is 0.406 e. The zero-order valence-corrected chi connectivity index (χ0v) is 19.9. The van der Waals surface area contributed by atoms with Crippen LogP contribution in [0.15, 0.2) is 58.6 Å². The minimum absolute atomic E-state index is 0.0974. The van der Waals surface area contributed by atoms with Crippen LogP contribution in [-0.4, -0.2) is 61.8 Å². The summed E-state index contributed by atoms with van der Waals surface area (Å²) in [6.07, 6.45) is -4.96. The Morgan fingerprint density at radius 3 is 2.50 bits per heavy atom. The zero-order chi connectivity index (χ0) is 25.8. The highest BCUT2D eigenvalue weighted by atomic mass is 32.2. The van der Waals surface area contributed by atoms with Crippen LogP contribution in [0.4, 0.5) is 13.2 Å². The number of halogens is 3. The SMILES string of the molecule is COc1cccc2oc(C3=C(CS(C)(=O)=O)NC4C(c5ccccc5)C(C(F)(F)F)NN4C3=O)nc12. The van der Waals surface area contributed by atoms with Gasteiger partial charge in [0.15, 0.2) is 20.9 Å². The molecule has 3 atom stereocenters. The number of oxazole rings is 1. The summed E-state index contributed by atoms with van der Waals surface area (Å²) in [5.41, 5.74) is 2.78. The summed E-state index contributed by atoms with van der Waals surface area (Å²) < 4.78 is 77.8. The molecule has 1 aromatic heterocycles. The molecule has 1 amide bonds. The molecule has 1 saturated heterocycles. The lowest BCUT2D eigenvalue weighted by molar-refractivity contribution is -0.161. The zero-order valence-electron chi connectivity index (χ0n) is 19.0. The summed E-state index contributed by atoms with van der Waals surface area (Å²) in [6.45, 7) is 0. The topological polar surface area (TPSA) is 114 Å². The van der Waals surface area contributed by atoms with E-state index in [1.165, 1.54) is 19.2 Å². The number of amides is 1. The molecule has 3 aromatic rings. The number of fused-ring (bicyclic) bond motifs is 2. The Hall–Kier alpha value is -3.58. The van der Waals surface area contributed by atoms with Gasteiger partial charge in [-0.15, -0.1) is 0 Å². The molecule has 3 heterocycles. The van der Waals surface area contributed by atoms with Crippen LogP contribution in [-0.2, 0) is 14.6 Å². The lowest BCUT2D eigenvalue weighted by atomic mass is 9.89. The highest BCUT2D eigenvalue weighted by Crippen LogP contribution is 2.43. The Bertz CT molecular complexity index is 1470. The van der Waals surface area contributed by atoms with Gasteiger partial charge in [0, 0.05) is 12.0 Å². The molecule has 3 unspecified atom stereocenters. The molecular formula is C23H21F3N4O5S. The summed E-state index contributed by atoms with van der Waals surface area (Å²) in [5, 5.41) is 3.72. The Morgan fingerprint density at radius 1 is 1.14 bits per heavy atom. The Balaban J connectivity index is 1.67. The third-order valence-corrected chi connectivity index (χ3v) is 6.88. The molecule has 0 saturated carbocycles. The predicted octanol–water partition coefficient (Wildman–Crippen LogP) is 2.58. The lowest BCUT2D eigenvalue weighted by Crippen LogP contribution is -2.55. The van der Waals surface area contributed by atoms with Crippen molar-refractivity contribution in [3.05, 3.63) is 65.7 Å². The smallest absolute Gasteiger partial charge is 0.406 e. The van der Waals surface area contributed by atoms with Crippen molar-refractivity contribution < 1.29 is 35.5 Å². The maximum absolute atomic E-state index is 14.1. The number of aromatic nitrogens is 1. The van der Waals surface area contributed by atoms with Crippen molar-refractivity contribution in [2.24, 2.45) is 0 Å². The second-order valence-electron chi connectivity index (χ2n) is 8.60. The molecule has 13 heteroatoms. The van der Waals surface area contributed by atoms with Crippen molar-refractivity contribution in [2.75, 3.05) is 19.1 Å². The van der Waals surface area contributed by atoms with Crippen LogP contribution in [0.5, 0.6) is 5.75 Å². The number of methoxy groups -OCH3 is 1. The highest BCUT2D eigenvalue weighted by molar-refractivity contribution is 7.90. The second kappa shape index (κ2) is 8.52. The standard InChI is InChI=1S/C23H21F3N4O5S/c1-34-14-9-6-10-15-18(14)28-21(35-15)17-13(11-36(2,32)33)27-20-16(12-7-4-3-5-8-12)19(23(24,25)26)29-30(20)22(17)31/h3-10,16,19-20,27,29H,11H2,1-2H3. The number of sulfone groups is 1. The van der Waals surface area contributed by atoms with Crippen molar-refractivity contribution in [1.82, 2.24) is 20.7 Å². The van der Waals surface area contributed by atoms with E-state index in [9.17, 15) is 26.4 Å². The van der Waals surface area contributed by atoms with E-state index in [0.717, 1.165) is 11.3 Å². The number of benzene rings is 2. The summed E-state index contributed by atoms with van der Waals surface area (Å²) in [5.74, 6) is -2.67. The van der Waals surface area contributed by atoms with Gasteiger partial charge in [-0.25, -0.2) is 23.8 Å². The van der Waals surface area contributed by atoms with Crippen molar-refractivity contribution >= 4 is 32.4 Å². The van der Waals surface area contributed by atoms with E-state index in [4.69, 9.17) is 9.15 Å². The molecule has 36 heavy (non-hydrogen) atoms. The fraction of sp³-hybridized carbons (Fsp3) is 0.304. The number of nitrogens with one attached hydrogen (secondary N) is 2. The summed E-state index contributed by atoms with van der Waals surface area (Å²) in [4.78, 5) is 18.0. The normalized spacial score (nSPS) is 22.6. The molecule has 0 bridgehead atoms. The number of hydrazine groups is 1. The van der Waals surface area contributed by atoms with E-state index in [2.05, 4.69) is 15.7 Å². The van der Waals surface area contributed by atoms with Gasteiger partial charge in [-0.1, -0.05) is 36.4 Å². The molecule has 2 aliphatic rings. The van der Waals surface area contributed by atoms with Crippen LogP contribution in [0.25, 0.3) is 16.7 Å². The third-order valence-electron chi connectivity index (χ3n) is 6.07. The first-order chi connectivity index (χ1) is 17.0. The number of carbonyl (C=O) groups is 1. The molecule has 2 N–H and O–H groups in total. The predicted molar refractivity (Wildman–Crippen MR) is 123 cm³/mol. The van der Waals surface area contributed by atoms with Gasteiger partial charge in [-0.2, -0.15) is 13.2 Å². The van der Waals surface area contributed by atoms with E-state index in [0.29, 0.717) is 11.3 Å². The number of carbonyl (C=O) groups excluding carboxylic acids is 1. The van der Waals surface area contributed by atoms with Crippen LogP contribution in [0, 0.1) is 0 Å². The number of hydrogen-bond donors (Lipinski definition) is 2. The second-order valence-corrected chi connectivity index (χ2v) is 10.7. The van der Waals surface area contributed by atoms with Gasteiger partial charge in [0.05, 0.1) is 18.8 Å². The molecular weight excluding hydrogens is 501 g/mol. The minimum atomic E-state index is -4.71. The quantitative estimate of drug-likeness (QED) is 0.526. The van der Waals surface area contributed by atoms with Gasteiger partial charge < -0.3 is 14.5 Å². The van der Waals surface area contributed by atoms with E-state index < -0.39 is 45.8 Å². The van der Waals surface area contributed by atoms with Crippen LogP contribution < -0.4 is 15.5 Å². The van der Waals surface area contributed by atoms with Crippen LogP contribution in [0.3, 0.4) is 0 Å². The molecule has 0 radical (unpaired) electrons. The van der Waals surface area contributed by atoms with E-state index in [1.807, 2.05) is 0 Å². The van der Waals surface area contributed by atoms with E-state index in [-0.39, 0.29) is 28.3 Å². The summed E-state index contributed by atoms with van der Waals surface area (Å²) in [6, 6.07) is 10.7. The van der Waals surface area contributed by atoms with Gasteiger partial charge in [0.2, 0.25) is 5.89 Å². The van der Waals surface area contributed by atoms with Crippen molar-refractivity contribution in [2.45, 2.75) is 24.3 Å². The molecule has 190 valence electrons. The first-order valence-corrected chi connectivity index (χ1v) is 12.9. The number of ether oxygens (including phenoxy) is 1. The Labute approximate surface area is 203 Å². The number of hydrogen-bond acceptors (Lipinski definition) is 8. The number of alkyl halides is 3. The van der Waals surface area contributed by atoms with E-state index >= 15 is 0 Å². The lowest BCUT2D eigenvalue weighted by Gasteiger charge is -2.35. The van der Waals surface area contributed by atoms with Gasteiger partial charge in [-0.3, -0.25) is 4.79 Å². The van der Waals surface area contributed by atoms with Gasteiger partial charge >= 0.3 is 6.18 Å². The van der Waals surface area contributed by atoms with Gasteiger partial charge in [0.25, 0.3) is 5.91 Å². The first kappa shape index (κ1) is 24.1. The molecule has 1 fully saturated rings. The highest BCUT2D eigenvalue weighted by Gasteiger charge is 2.58. The number of para-hydroxylation sites is 1. The molecule has 9 nitrogen and oxygen atoms in total. The van der Waals surface area contributed by atoms with Crippen molar-refractivity contribution in [3.8, 4) is 5.75 Å². The van der Waals surface area contributed by atoms with E-state index in [1.54, 1.807) is 36.4 Å². The third kappa shape index (κ3) is 4.17. The molecule has 5 rings (SSSR count). The largest absolute Gasteiger partial charge is 0.494 e. The van der Waals surface area contributed by atoms with Crippen molar-refractivity contribution in [1.29, 1.82) is 0 Å². The Morgan fingerprint density at radius 2 is 1.86 bits per heavy atom. The molecule has 2 aliphatic heterocycles. The fourth-order valence-corrected chi connectivity index (χ4v) is 5.36. The monoisotopic (exact) mass is 522 g/mol. The number of nitrogens with zero attached hydrogens (tertiary/aromatic N) is 2. The van der Waals surface area contributed by atoms with Crippen LogP contribution >= 0.6 is 0 Å².